The average molecular weight is 133 g/mol. The number of hydrogen-bond donors (Lipinski definition) is 1. The lowest BCUT2D eigenvalue weighted by atomic mass is 10.1. The van der Waals surface area contributed by atoms with Gasteiger partial charge in [0, 0.05) is 15.1 Å². The maximum atomic E-state index is 5.18. The quantitative estimate of drug-likeness (QED) is 0.623. The van der Waals surface area contributed by atoms with Gasteiger partial charge in [0.25, 0.3) is 0 Å². The van der Waals surface area contributed by atoms with Crippen molar-refractivity contribution in [2.45, 2.75) is 26.4 Å². The third-order valence-corrected chi connectivity index (χ3v) is 1.35. The summed E-state index contributed by atoms with van der Waals surface area (Å²) in [6.07, 6.45) is 0. The van der Waals surface area contributed by atoms with E-state index in [0.29, 0.717) is 0 Å². The van der Waals surface area contributed by atoms with E-state index in [1.54, 1.807) is 7.11 Å². The maximum absolute atomic E-state index is 5.18. The van der Waals surface area contributed by atoms with Gasteiger partial charge in [0.15, 0.2) is 0 Å². The molecule has 2 heteroatoms. The summed E-state index contributed by atoms with van der Waals surface area (Å²) < 4.78 is 5.18. The fourth-order valence-corrected chi connectivity index (χ4v) is 0.498. The Morgan fingerprint density at radius 3 is 2.44 bits per heavy atom. The second kappa shape index (κ2) is 3.85. The SMILES string of the molecule is CCNCC(C)(C)OC.[HH]. The van der Waals surface area contributed by atoms with Gasteiger partial charge in [-0.2, -0.15) is 0 Å². The summed E-state index contributed by atoms with van der Waals surface area (Å²) in [5.41, 5.74) is -0.0178. The van der Waals surface area contributed by atoms with Crippen LogP contribution in [-0.4, -0.2) is 25.8 Å². The molecule has 0 saturated heterocycles. The normalized spacial score (nSPS) is 12.0. The summed E-state index contributed by atoms with van der Waals surface area (Å²) in [5, 5.41) is 3.21. The third kappa shape index (κ3) is 4.43. The van der Waals surface area contributed by atoms with Crippen LogP contribution in [0.5, 0.6) is 0 Å². The number of ether oxygens (including phenoxy) is 1. The number of hydrogen-bond acceptors (Lipinski definition) is 2. The first-order valence-corrected chi connectivity index (χ1v) is 3.38. The summed E-state index contributed by atoms with van der Waals surface area (Å²) in [7, 11) is 1.73. The first kappa shape index (κ1) is 8.92. The summed E-state index contributed by atoms with van der Waals surface area (Å²) in [6.45, 7) is 8.14. The summed E-state index contributed by atoms with van der Waals surface area (Å²) in [6, 6.07) is 0. The van der Waals surface area contributed by atoms with Crippen LogP contribution in [0.3, 0.4) is 0 Å². The van der Waals surface area contributed by atoms with E-state index in [9.17, 15) is 0 Å². The molecule has 0 heterocycles. The van der Waals surface area contributed by atoms with E-state index in [0.717, 1.165) is 13.1 Å². The van der Waals surface area contributed by atoms with Crippen molar-refractivity contribution in [1.82, 2.24) is 5.32 Å². The molecule has 0 rings (SSSR count). The zero-order valence-corrected chi connectivity index (χ0v) is 6.82. The molecule has 1 N–H and O–H groups in total. The van der Waals surface area contributed by atoms with Crippen molar-refractivity contribution in [1.29, 1.82) is 0 Å². The van der Waals surface area contributed by atoms with Crippen LogP contribution >= 0.6 is 0 Å². The Morgan fingerprint density at radius 2 is 2.11 bits per heavy atom. The van der Waals surface area contributed by atoms with Gasteiger partial charge < -0.3 is 10.1 Å². The van der Waals surface area contributed by atoms with Crippen molar-refractivity contribution < 1.29 is 6.16 Å². The molecule has 0 radical (unpaired) electrons. The molecular weight excluding hydrogens is 114 g/mol. The molecule has 0 aliphatic heterocycles. The Hall–Kier alpha value is -0.0800. The average Bonchev–Trinajstić information content (AvgIpc) is 1.84. The Morgan fingerprint density at radius 1 is 1.56 bits per heavy atom. The Kier molecular flexibility index (Phi) is 3.82. The molecule has 0 aromatic heterocycles. The molecule has 0 bridgehead atoms. The highest BCUT2D eigenvalue weighted by atomic mass is 16.5. The van der Waals surface area contributed by atoms with Gasteiger partial charge >= 0.3 is 0 Å². The Bertz CT molecular complexity index is 76.0. The predicted octanol–water partition coefficient (Wildman–Crippen LogP) is 1.27. The van der Waals surface area contributed by atoms with E-state index < -0.39 is 0 Å². The van der Waals surface area contributed by atoms with E-state index in [1.807, 2.05) is 0 Å². The number of likely N-dealkylation sites (N-methyl/N-ethyl adjacent to an activating group) is 1. The third-order valence-electron chi connectivity index (χ3n) is 1.35. The van der Waals surface area contributed by atoms with Gasteiger partial charge in [-0.1, -0.05) is 6.92 Å². The minimum atomic E-state index is -0.0178. The van der Waals surface area contributed by atoms with Gasteiger partial charge in [-0.15, -0.1) is 0 Å². The van der Waals surface area contributed by atoms with Crippen LogP contribution in [-0.2, 0) is 4.74 Å². The molecule has 0 atom stereocenters. The van der Waals surface area contributed by atoms with Crippen LogP contribution in [0.4, 0.5) is 0 Å². The van der Waals surface area contributed by atoms with Crippen molar-refractivity contribution in [2.24, 2.45) is 0 Å². The molecule has 0 aliphatic carbocycles. The molecule has 0 aromatic carbocycles. The van der Waals surface area contributed by atoms with Crippen LogP contribution in [0.25, 0.3) is 0 Å². The van der Waals surface area contributed by atoms with Gasteiger partial charge in [0.2, 0.25) is 0 Å². The highest BCUT2D eigenvalue weighted by Gasteiger charge is 2.13. The van der Waals surface area contributed by atoms with Crippen LogP contribution in [0.1, 0.15) is 22.2 Å². The lowest BCUT2D eigenvalue weighted by molar-refractivity contribution is 0.0238. The van der Waals surface area contributed by atoms with Crippen molar-refractivity contribution in [3.05, 3.63) is 0 Å². The predicted molar refractivity (Wildman–Crippen MR) is 41.7 cm³/mol. The van der Waals surface area contributed by atoms with Crippen LogP contribution < -0.4 is 5.32 Å². The van der Waals surface area contributed by atoms with Gasteiger partial charge in [0.05, 0.1) is 5.60 Å². The van der Waals surface area contributed by atoms with Gasteiger partial charge in [-0.05, 0) is 20.4 Å². The van der Waals surface area contributed by atoms with E-state index in [1.165, 1.54) is 0 Å². The second-order valence-electron chi connectivity index (χ2n) is 2.74. The van der Waals surface area contributed by atoms with E-state index in [-0.39, 0.29) is 7.03 Å². The minimum Gasteiger partial charge on any atom is -0.377 e. The van der Waals surface area contributed by atoms with Crippen molar-refractivity contribution in [3.63, 3.8) is 0 Å². The molecule has 0 saturated carbocycles. The molecule has 0 spiro atoms. The lowest BCUT2D eigenvalue weighted by Crippen LogP contribution is -2.36. The summed E-state index contributed by atoms with van der Waals surface area (Å²) >= 11 is 0. The standard InChI is InChI=1S/C7H17NO.H2/c1-5-8-6-7(2,3)9-4;/h8H,5-6H2,1-4H3;1H. The fourth-order valence-electron chi connectivity index (χ4n) is 0.498. The summed E-state index contributed by atoms with van der Waals surface area (Å²) in [5.74, 6) is 0. The van der Waals surface area contributed by atoms with Gasteiger partial charge in [-0.3, -0.25) is 0 Å². The van der Waals surface area contributed by atoms with Crippen molar-refractivity contribution >= 4 is 0 Å². The highest BCUT2D eigenvalue weighted by Crippen LogP contribution is 2.03. The van der Waals surface area contributed by atoms with E-state index >= 15 is 0 Å². The number of nitrogens with one attached hydrogen (secondary N) is 1. The van der Waals surface area contributed by atoms with E-state index in [2.05, 4.69) is 26.1 Å². The van der Waals surface area contributed by atoms with Crippen LogP contribution in [0.2, 0.25) is 0 Å². The number of methoxy groups -OCH3 is 1. The molecule has 58 valence electrons. The first-order valence-electron chi connectivity index (χ1n) is 3.38. The monoisotopic (exact) mass is 133 g/mol. The molecule has 0 aliphatic rings. The second-order valence-corrected chi connectivity index (χ2v) is 2.74. The minimum absolute atomic E-state index is 0. The zero-order chi connectivity index (χ0) is 7.33. The Balaban J connectivity index is 0. The number of rotatable bonds is 4. The van der Waals surface area contributed by atoms with Gasteiger partial charge in [-0.25, -0.2) is 0 Å². The zero-order valence-electron chi connectivity index (χ0n) is 6.82. The molecule has 2 nitrogen and oxygen atoms in total. The van der Waals surface area contributed by atoms with Crippen molar-refractivity contribution in [3.8, 4) is 0 Å². The molecule has 0 fully saturated rings. The van der Waals surface area contributed by atoms with E-state index in [4.69, 9.17) is 4.74 Å². The topological polar surface area (TPSA) is 21.3 Å². The summed E-state index contributed by atoms with van der Waals surface area (Å²) in [4.78, 5) is 0. The first-order chi connectivity index (χ1) is 4.12. The smallest absolute Gasteiger partial charge is 0.0746 e. The maximum Gasteiger partial charge on any atom is 0.0746 e. The lowest BCUT2D eigenvalue weighted by Gasteiger charge is -2.22. The van der Waals surface area contributed by atoms with Crippen LogP contribution in [0, 0.1) is 0 Å². The molecular formula is C7H19NO. The molecule has 0 aromatic rings. The Labute approximate surface area is 59.1 Å². The molecule has 9 heavy (non-hydrogen) atoms. The van der Waals surface area contributed by atoms with Gasteiger partial charge in [0.1, 0.15) is 0 Å². The highest BCUT2D eigenvalue weighted by molar-refractivity contribution is 4.69. The fraction of sp³-hybridized carbons (Fsp3) is 1.00. The van der Waals surface area contributed by atoms with Crippen molar-refractivity contribution in [2.75, 3.05) is 20.2 Å². The van der Waals surface area contributed by atoms with Crippen LogP contribution in [0.15, 0.2) is 0 Å². The molecule has 0 unspecified atom stereocenters. The largest absolute Gasteiger partial charge is 0.377 e. The molecule has 0 amide bonds.